The summed E-state index contributed by atoms with van der Waals surface area (Å²) in [6.07, 6.45) is 4.01. The SMILES string of the molecule is CC1(F)CC(C(=O)NCC(=O)Cc2ccncc2)C1. The van der Waals surface area contributed by atoms with Crippen molar-refractivity contribution in [2.75, 3.05) is 6.54 Å². The van der Waals surface area contributed by atoms with Crippen molar-refractivity contribution in [1.29, 1.82) is 0 Å². The number of alkyl halides is 1. The predicted molar refractivity (Wildman–Crippen MR) is 68.2 cm³/mol. The number of amides is 1. The first kappa shape index (κ1) is 13.6. The van der Waals surface area contributed by atoms with E-state index in [0.29, 0.717) is 0 Å². The van der Waals surface area contributed by atoms with E-state index in [1.807, 2.05) is 0 Å². The van der Waals surface area contributed by atoms with Gasteiger partial charge in [0, 0.05) is 24.7 Å². The lowest BCUT2D eigenvalue weighted by Gasteiger charge is -2.37. The highest BCUT2D eigenvalue weighted by atomic mass is 19.1. The van der Waals surface area contributed by atoms with Crippen LogP contribution in [0.4, 0.5) is 4.39 Å². The minimum absolute atomic E-state index is 0.000651. The minimum atomic E-state index is -1.22. The summed E-state index contributed by atoms with van der Waals surface area (Å²) in [5.41, 5.74) is -0.350. The maximum absolute atomic E-state index is 13.2. The van der Waals surface area contributed by atoms with E-state index in [9.17, 15) is 14.0 Å². The fourth-order valence-corrected chi connectivity index (χ4v) is 2.27. The molecule has 0 bridgehead atoms. The molecule has 1 aromatic heterocycles. The Morgan fingerprint density at radius 3 is 2.63 bits per heavy atom. The fourth-order valence-electron chi connectivity index (χ4n) is 2.27. The van der Waals surface area contributed by atoms with Gasteiger partial charge in [-0.3, -0.25) is 14.6 Å². The number of hydrogen-bond donors (Lipinski definition) is 1. The number of pyridine rings is 1. The second kappa shape index (κ2) is 5.47. The number of nitrogens with one attached hydrogen (secondary N) is 1. The van der Waals surface area contributed by atoms with E-state index < -0.39 is 5.67 Å². The highest BCUT2D eigenvalue weighted by molar-refractivity contribution is 5.88. The van der Waals surface area contributed by atoms with Crippen LogP contribution in [-0.4, -0.2) is 28.9 Å². The summed E-state index contributed by atoms with van der Waals surface area (Å²) in [6, 6.07) is 3.53. The Kier molecular flexibility index (Phi) is 3.93. The number of hydrogen-bond acceptors (Lipinski definition) is 3. The van der Waals surface area contributed by atoms with Gasteiger partial charge >= 0.3 is 0 Å². The van der Waals surface area contributed by atoms with E-state index in [1.54, 1.807) is 24.5 Å². The summed E-state index contributed by atoms with van der Waals surface area (Å²) in [5, 5.41) is 2.57. The van der Waals surface area contributed by atoms with E-state index in [-0.39, 0.29) is 43.4 Å². The van der Waals surface area contributed by atoms with Gasteiger partial charge < -0.3 is 5.32 Å². The number of carbonyl (C=O) groups excluding carboxylic acids is 2. The highest BCUT2D eigenvalue weighted by Gasteiger charge is 2.44. The van der Waals surface area contributed by atoms with Crippen LogP contribution in [0.2, 0.25) is 0 Å². The summed E-state index contributed by atoms with van der Waals surface area (Å²) >= 11 is 0. The molecule has 1 aliphatic carbocycles. The number of halogens is 1. The van der Waals surface area contributed by atoms with Crippen LogP contribution in [0.15, 0.2) is 24.5 Å². The number of nitrogens with zero attached hydrogens (tertiary/aromatic N) is 1. The van der Waals surface area contributed by atoms with Gasteiger partial charge in [0.25, 0.3) is 0 Å². The summed E-state index contributed by atoms with van der Waals surface area (Å²) < 4.78 is 13.2. The second-order valence-corrected chi connectivity index (χ2v) is 5.31. The Morgan fingerprint density at radius 2 is 2.05 bits per heavy atom. The van der Waals surface area contributed by atoms with Gasteiger partial charge in [-0.1, -0.05) is 0 Å². The third-order valence-electron chi connectivity index (χ3n) is 3.33. The number of carbonyl (C=O) groups is 2. The standard InChI is InChI=1S/C14H17FN2O2/c1-14(15)7-11(8-14)13(19)17-9-12(18)6-10-2-4-16-5-3-10/h2-5,11H,6-9H2,1H3,(H,17,19). The first-order valence-corrected chi connectivity index (χ1v) is 6.33. The van der Waals surface area contributed by atoms with Gasteiger partial charge in [-0.05, 0) is 37.5 Å². The Hall–Kier alpha value is -1.78. The molecule has 2 rings (SSSR count). The molecule has 1 fully saturated rings. The van der Waals surface area contributed by atoms with Crippen molar-refractivity contribution < 1.29 is 14.0 Å². The molecule has 0 unspecified atom stereocenters. The van der Waals surface area contributed by atoms with Gasteiger partial charge in [0.1, 0.15) is 5.67 Å². The maximum Gasteiger partial charge on any atom is 0.223 e. The van der Waals surface area contributed by atoms with Gasteiger partial charge in [0.2, 0.25) is 5.91 Å². The Bertz CT molecular complexity index is 466. The molecular formula is C14H17FN2O2. The predicted octanol–water partition coefficient (Wildman–Crippen LogP) is 1.45. The zero-order chi connectivity index (χ0) is 13.9. The summed E-state index contributed by atoms with van der Waals surface area (Å²) in [6.45, 7) is 1.49. The fraction of sp³-hybridized carbons (Fsp3) is 0.500. The third-order valence-corrected chi connectivity index (χ3v) is 3.33. The van der Waals surface area contributed by atoms with Crippen molar-refractivity contribution in [3.8, 4) is 0 Å². The smallest absolute Gasteiger partial charge is 0.223 e. The van der Waals surface area contributed by atoms with Crippen molar-refractivity contribution in [1.82, 2.24) is 10.3 Å². The Balaban J connectivity index is 1.71. The minimum Gasteiger partial charge on any atom is -0.349 e. The molecule has 1 aliphatic rings. The van der Waals surface area contributed by atoms with Crippen molar-refractivity contribution in [2.24, 2.45) is 5.92 Å². The van der Waals surface area contributed by atoms with Crippen molar-refractivity contribution >= 4 is 11.7 Å². The van der Waals surface area contributed by atoms with Crippen LogP contribution in [0.1, 0.15) is 25.3 Å². The van der Waals surface area contributed by atoms with Crippen molar-refractivity contribution in [2.45, 2.75) is 31.9 Å². The summed E-state index contributed by atoms with van der Waals surface area (Å²) in [4.78, 5) is 27.2. The molecule has 0 radical (unpaired) electrons. The van der Waals surface area contributed by atoms with Crippen LogP contribution in [0.3, 0.4) is 0 Å². The van der Waals surface area contributed by atoms with Crippen molar-refractivity contribution in [3.63, 3.8) is 0 Å². The molecule has 102 valence electrons. The molecule has 19 heavy (non-hydrogen) atoms. The average molecular weight is 264 g/mol. The van der Waals surface area contributed by atoms with Crippen LogP contribution in [-0.2, 0) is 16.0 Å². The van der Waals surface area contributed by atoms with Crippen LogP contribution in [0.25, 0.3) is 0 Å². The molecule has 1 N–H and O–H groups in total. The summed E-state index contributed by atoms with van der Waals surface area (Å²) in [7, 11) is 0. The molecular weight excluding hydrogens is 247 g/mol. The highest BCUT2D eigenvalue weighted by Crippen LogP contribution is 2.40. The zero-order valence-electron chi connectivity index (χ0n) is 10.9. The van der Waals surface area contributed by atoms with E-state index in [4.69, 9.17) is 0 Å². The van der Waals surface area contributed by atoms with Gasteiger partial charge in [-0.2, -0.15) is 0 Å². The van der Waals surface area contributed by atoms with Crippen molar-refractivity contribution in [3.05, 3.63) is 30.1 Å². The lowest BCUT2D eigenvalue weighted by molar-refractivity contribution is -0.134. The molecule has 0 spiro atoms. The molecule has 0 aromatic carbocycles. The molecule has 5 heteroatoms. The van der Waals surface area contributed by atoms with Gasteiger partial charge in [0.15, 0.2) is 5.78 Å². The maximum atomic E-state index is 13.2. The number of Topliss-reactive ketones (excluding diaryl/α,β-unsaturated/α-hetero) is 1. The van der Waals surface area contributed by atoms with E-state index in [0.717, 1.165) is 5.56 Å². The molecule has 1 saturated carbocycles. The van der Waals surface area contributed by atoms with Gasteiger partial charge in [0.05, 0.1) is 6.54 Å². The molecule has 4 nitrogen and oxygen atoms in total. The average Bonchev–Trinajstić information content (AvgIpc) is 2.34. The van der Waals surface area contributed by atoms with E-state index in [2.05, 4.69) is 10.3 Å². The summed E-state index contributed by atoms with van der Waals surface area (Å²) in [5.74, 6) is -0.580. The normalized spacial score (nSPS) is 25.5. The molecule has 1 heterocycles. The van der Waals surface area contributed by atoms with Crippen LogP contribution < -0.4 is 5.32 Å². The first-order valence-electron chi connectivity index (χ1n) is 6.33. The molecule has 0 aliphatic heterocycles. The topological polar surface area (TPSA) is 59.1 Å². The molecule has 0 atom stereocenters. The lowest BCUT2D eigenvalue weighted by atomic mass is 9.73. The Labute approximate surface area is 111 Å². The van der Waals surface area contributed by atoms with Gasteiger partial charge in [-0.25, -0.2) is 4.39 Å². The molecule has 1 aromatic rings. The van der Waals surface area contributed by atoms with E-state index >= 15 is 0 Å². The lowest BCUT2D eigenvalue weighted by Crippen LogP contribution is -2.46. The Morgan fingerprint density at radius 1 is 1.42 bits per heavy atom. The monoisotopic (exact) mass is 264 g/mol. The van der Waals surface area contributed by atoms with Crippen LogP contribution in [0.5, 0.6) is 0 Å². The first-order chi connectivity index (χ1) is 8.96. The second-order valence-electron chi connectivity index (χ2n) is 5.31. The quantitative estimate of drug-likeness (QED) is 0.875. The molecule has 1 amide bonds. The molecule has 0 saturated heterocycles. The van der Waals surface area contributed by atoms with Crippen LogP contribution in [0, 0.1) is 5.92 Å². The van der Waals surface area contributed by atoms with E-state index in [1.165, 1.54) is 6.92 Å². The van der Waals surface area contributed by atoms with Gasteiger partial charge in [-0.15, -0.1) is 0 Å². The van der Waals surface area contributed by atoms with Crippen LogP contribution >= 0.6 is 0 Å². The largest absolute Gasteiger partial charge is 0.349 e. The number of aromatic nitrogens is 1. The zero-order valence-corrected chi connectivity index (χ0v) is 10.9. The number of rotatable bonds is 5. The third kappa shape index (κ3) is 3.84. The number of ketones is 1.